The van der Waals surface area contributed by atoms with Crippen LogP contribution in [-0.4, -0.2) is 11.1 Å². The second-order valence-corrected chi connectivity index (χ2v) is 5.36. The molecular weight excluding hydrogens is 248 g/mol. The second kappa shape index (κ2) is 4.46. The highest BCUT2D eigenvalue weighted by Crippen LogP contribution is 2.32. The summed E-state index contributed by atoms with van der Waals surface area (Å²) < 4.78 is 5.69. The van der Waals surface area contributed by atoms with Crippen molar-refractivity contribution < 1.29 is 14.6 Å². The number of rotatable bonds is 3. The third-order valence-electron chi connectivity index (χ3n) is 3.08. The zero-order chi connectivity index (χ0) is 12.5. The molecule has 0 spiro atoms. The van der Waals surface area contributed by atoms with Crippen LogP contribution in [-0.2, 0) is 12.8 Å². The Kier molecular flexibility index (Phi) is 2.80. The van der Waals surface area contributed by atoms with E-state index in [-0.39, 0.29) is 0 Å². The van der Waals surface area contributed by atoms with Gasteiger partial charge in [0.2, 0.25) is 0 Å². The van der Waals surface area contributed by atoms with Gasteiger partial charge in [0, 0.05) is 0 Å². The number of hydrogen-bond acceptors (Lipinski definition) is 3. The summed E-state index contributed by atoms with van der Waals surface area (Å²) in [6.07, 6.45) is 3.47. The van der Waals surface area contributed by atoms with E-state index in [1.165, 1.54) is 17.5 Å². The molecule has 1 aliphatic carbocycles. The van der Waals surface area contributed by atoms with Gasteiger partial charge in [0.15, 0.2) is 5.06 Å². The number of fused-ring (bicyclic) bond motifs is 1. The first-order valence-corrected chi connectivity index (χ1v) is 6.67. The van der Waals surface area contributed by atoms with Crippen LogP contribution in [0.2, 0.25) is 0 Å². The van der Waals surface area contributed by atoms with E-state index in [9.17, 15) is 4.79 Å². The molecule has 0 saturated carbocycles. The number of aryl methyl sites for hydroxylation is 2. The number of carbonyl (C=O) groups is 1. The molecule has 1 aromatic carbocycles. The average Bonchev–Trinajstić information content (AvgIpc) is 2.96. The van der Waals surface area contributed by atoms with Crippen LogP contribution in [0.3, 0.4) is 0 Å². The Morgan fingerprint density at radius 1 is 1.17 bits per heavy atom. The highest BCUT2D eigenvalue weighted by molar-refractivity contribution is 7.15. The third kappa shape index (κ3) is 2.11. The first-order chi connectivity index (χ1) is 8.72. The first kappa shape index (κ1) is 11.3. The van der Waals surface area contributed by atoms with Gasteiger partial charge in [-0.05, 0) is 54.7 Å². The highest BCUT2D eigenvalue weighted by atomic mass is 32.1. The molecule has 0 aliphatic heterocycles. The number of hydrogen-bond donors (Lipinski definition) is 1. The Morgan fingerprint density at radius 3 is 2.78 bits per heavy atom. The summed E-state index contributed by atoms with van der Waals surface area (Å²) in [6, 6.07) is 9.37. The zero-order valence-corrected chi connectivity index (χ0v) is 10.5. The molecule has 0 atom stereocenters. The van der Waals surface area contributed by atoms with Gasteiger partial charge in [0.05, 0.1) is 0 Å². The minimum atomic E-state index is -0.913. The van der Waals surface area contributed by atoms with Crippen LogP contribution in [0.1, 0.15) is 27.2 Å². The molecule has 0 amide bonds. The quantitative estimate of drug-likeness (QED) is 0.914. The van der Waals surface area contributed by atoms with Gasteiger partial charge in [0.1, 0.15) is 10.6 Å². The smallest absolute Gasteiger partial charge is 0.345 e. The molecule has 0 fully saturated rings. The van der Waals surface area contributed by atoms with Crippen molar-refractivity contribution in [3.63, 3.8) is 0 Å². The summed E-state index contributed by atoms with van der Waals surface area (Å²) in [5.41, 5.74) is 2.75. The van der Waals surface area contributed by atoms with E-state index in [1.54, 1.807) is 12.1 Å². The lowest BCUT2D eigenvalue weighted by Crippen LogP contribution is -1.89. The fraction of sp³-hybridized carbons (Fsp3) is 0.214. The van der Waals surface area contributed by atoms with Crippen LogP contribution in [0.5, 0.6) is 10.8 Å². The summed E-state index contributed by atoms with van der Waals surface area (Å²) in [7, 11) is 0. The summed E-state index contributed by atoms with van der Waals surface area (Å²) in [6.45, 7) is 0. The van der Waals surface area contributed by atoms with Crippen molar-refractivity contribution in [3.8, 4) is 10.8 Å². The third-order valence-corrected chi connectivity index (χ3v) is 4.03. The molecule has 18 heavy (non-hydrogen) atoms. The summed E-state index contributed by atoms with van der Waals surface area (Å²) >= 11 is 1.15. The molecule has 1 heterocycles. The number of benzene rings is 1. The Bertz CT molecular complexity index is 601. The Labute approximate surface area is 109 Å². The first-order valence-electron chi connectivity index (χ1n) is 5.85. The van der Waals surface area contributed by atoms with Crippen molar-refractivity contribution in [1.29, 1.82) is 0 Å². The molecule has 4 heteroatoms. The summed E-state index contributed by atoms with van der Waals surface area (Å²) in [4.78, 5) is 11.1. The van der Waals surface area contributed by atoms with E-state index in [0.29, 0.717) is 9.94 Å². The molecule has 0 radical (unpaired) electrons. The average molecular weight is 260 g/mol. The van der Waals surface area contributed by atoms with Crippen molar-refractivity contribution >= 4 is 17.3 Å². The van der Waals surface area contributed by atoms with Gasteiger partial charge in [-0.15, -0.1) is 0 Å². The second-order valence-electron chi connectivity index (χ2n) is 4.31. The molecule has 0 bridgehead atoms. The van der Waals surface area contributed by atoms with Gasteiger partial charge in [-0.1, -0.05) is 17.4 Å². The molecule has 0 unspecified atom stereocenters. The fourth-order valence-electron chi connectivity index (χ4n) is 2.22. The van der Waals surface area contributed by atoms with E-state index < -0.39 is 5.97 Å². The molecule has 1 N–H and O–H groups in total. The van der Waals surface area contributed by atoms with Crippen LogP contribution in [0, 0.1) is 0 Å². The normalized spacial score (nSPS) is 13.3. The van der Waals surface area contributed by atoms with Gasteiger partial charge in [0.25, 0.3) is 0 Å². The predicted molar refractivity (Wildman–Crippen MR) is 69.8 cm³/mol. The maximum Gasteiger partial charge on any atom is 0.345 e. The maximum atomic E-state index is 10.8. The SMILES string of the molecule is O=C(O)c1ccc(Oc2ccc3c(c2)CCC3)s1. The van der Waals surface area contributed by atoms with E-state index in [1.807, 2.05) is 6.07 Å². The Morgan fingerprint density at radius 2 is 2.00 bits per heavy atom. The van der Waals surface area contributed by atoms with Crippen LogP contribution >= 0.6 is 11.3 Å². The van der Waals surface area contributed by atoms with E-state index in [0.717, 1.165) is 29.9 Å². The summed E-state index contributed by atoms with van der Waals surface area (Å²) in [5.74, 6) is -0.127. The van der Waals surface area contributed by atoms with Gasteiger partial charge in [-0.3, -0.25) is 0 Å². The van der Waals surface area contributed by atoms with E-state index >= 15 is 0 Å². The van der Waals surface area contributed by atoms with Gasteiger partial charge >= 0.3 is 5.97 Å². The van der Waals surface area contributed by atoms with Crippen molar-refractivity contribution in [2.45, 2.75) is 19.3 Å². The van der Waals surface area contributed by atoms with Crippen LogP contribution in [0.15, 0.2) is 30.3 Å². The van der Waals surface area contributed by atoms with Gasteiger partial charge in [-0.2, -0.15) is 0 Å². The van der Waals surface area contributed by atoms with Crippen LogP contribution < -0.4 is 4.74 Å². The molecule has 3 rings (SSSR count). The monoisotopic (exact) mass is 260 g/mol. The minimum absolute atomic E-state index is 0.297. The predicted octanol–water partition coefficient (Wildman–Crippen LogP) is 3.73. The van der Waals surface area contributed by atoms with Gasteiger partial charge < -0.3 is 9.84 Å². The van der Waals surface area contributed by atoms with E-state index in [4.69, 9.17) is 9.84 Å². The molecule has 1 aromatic heterocycles. The number of carboxylic acid groups (broad SMARTS) is 1. The number of carboxylic acids is 1. The lowest BCUT2D eigenvalue weighted by atomic mass is 10.1. The maximum absolute atomic E-state index is 10.8. The zero-order valence-electron chi connectivity index (χ0n) is 9.68. The topological polar surface area (TPSA) is 46.5 Å². The minimum Gasteiger partial charge on any atom is -0.477 e. The molecule has 2 aromatic rings. The van der Waals surface area contributed by atoms with Crippen molar-refractivity contribution in [2.24, 2.45) is 0 Å². The number of ether oxygens (including phenoxy) is 1. The van der Waals surface area contributed by atoms with Crippen LogP contribution in [0.25, 0.3) is 0 Å². The molecule has 1 aliphatic rings. The largest absolute Gasteiger partial charge is 0.477 e. The number of thiophene rings is 1. The van der Waals surface area contributed by atoms with Crippen LogP contribution in [0.4, 0.5) is 0 Å². The highest BCUT2D eigenvalue weighted by Gasteiger charge is 2.12. The molecule has 3 nitrogen and oxygen atoms in total. The molecule has 0 saturated heterocycles. The van der Waals surface area contributed by atoms with E-state index in [2.05, 4.69) is 12.1 Å². The van der Waals surface area contributed by atoms with Crippen molar-refractivity contribution in [3.05, 3.63) is 46.3 Å². The Hall–Kier alpha value is -1.81. The lowest BCUT2D eigenvalue weighted by molar-refractivity contribution is 0.0702. The summed E-state index contributed by atoms with van der Waals surface area (Å²) in [5, 5.41) is 9.46. The van der Waals surface area contributed by atoms with Crippen molar-refractivity contribution in [1.82, 2.24) is 0 Å². The molecular formula is C14H12O3S. The standard InChI is InChI=1S/C14H12O3S/c15-14(16)12-6-7-13(18-12)17-11-5-4-9-2-1-3-10(9)8-11/h4-8H,1-3H2,(H,15,16). The Balaban J connectivity index is 1.81. The lowest BCUT2D eigenvalue weighted by Gasteiger charge is -2.05. The fourth-order valence-corrected chi connectivity index (χ4v) is 2.93. The van der Waals surface area contributed by atoms with Gasteiger partial charge in [-0.25, -0.2) is 4.79 Å². The van der Waals surface area contributed by atoms with Crippen molar-refractivity contribution in [2.75, 3.05) is 0 Å². The molecule has 92 valence electrons. The number of aromatic carboxylic acids is 1.